The van der Waals surface area contributed by atoms with Crippen LogP contribution >= 0.6 is 0 Å². The van der Waals surface area contributed by atoms with E-state index in [-0.39, 0.29) is 5.91 Å². The summed E-state index contributed by atoms with van der Waals surface area (Å²) < 4.78 is 0. The number of benzene rings is 2. The minimum Gasteiger partial charge on any atom is -0.366 e. The number of likely N-dealkylation sites (tertiary alicyclic amines) is 1. The number of anilines is 1. The molecule has 1 fully saturated rings. The number of carbonyl (C=O) groups excluding carboxylic acids is 1. The molecule has 2 heterocycles. The molecule has 1 N–H and O–H groups in total. The number of aryl methyl sites for hydroxylation is 1. The van der Waals surface area contributed by atoms with Gasteiger partial charge in [0.05, 0.1) is 0 Å². The van der Waals surface area contributed by atoms with Crippen LogP contribution in [0.25, 0.3) is 11.4 Å². The molecule has 0 spiro atoms. The summed E-state index contributed by atoms with van der Waals surface area (Å²) >= 11 is 0. The predicted molar refractivity (Wildman–Crippen MR) is 116 cm³/mol. The maximum absolute atomic E-state index is 13.1. The molecule has 0 radical (unpaired) electrons. The van der Waals surface area contributed by atoms with Crippen molar-refractivity contribution in [1.82, 2.24) is 14.9 Å². The molecule has 0 saturated carbocycles. The Morgan fingerprint density at radius 2 is 1.69 bits per heavy atom. The van der Waals surface area contributed by atoms with Gasteiger partial charge in [-0.2, -0.15) is 0 Å². The van der Waals surface area contributed by atoms with Gasteiger partial charge in [-0.05, 0) is 37.3 Å². The SMILES string of the molecule is Cc1ccccc1CNc1cc(C(=O)N2CCCCC2)nc(-c2ccccc2)n1. The van der Waals surface area contributed by atoms with E-state index in [9.17, 15) is 4.79 Å². The van der Waals surface area contributed by atoms with Crippen LogP contribution in [0.15, 0.2) is 60.7 Å². The van der Waals surface area contributed by atoms with Crippen molar-refractivity contribution in [2.45, 2.75) is 32.7 Å². The first-order valence-electron chi connectivity index (χ1n) is 10.2. The van der Waals surface area contributed by atoms with E-state index in [4.69, 9.17) is 0 Å². The summed E-state index contributed by atoms with van der Waals surface area (Å²) in [5, 5.41) is 3.39. The first kappa shape index (κ1) is 19.1. The van der Waals surface area contributed by atoms with Crippen LogP contribution in [-0.2, 0) is 6.54 Å². The molecule has 1 aromatic heterocycles. The van der Waals surface area contributed by atoms with Crippen molar-refractivity contribution in [3.63, 3.8) is 0 Å². The van der Waals surface area contributed by atoms with E-state index in [0.29, 0.717) is 23.9 Å². The molecule has 0 aliphatic carbocycles. The van der Waals surface area contributed by atoms with E-state index < -0.39 is 0 Å². The smallest absolute Gasteiger partial charge is 0.272 e. The maximum Gasteiger partial charge on any atom is 0.272 e. The lowest BCUT2D eigenvalue weighted by Gasteiger charge is -2.26. The Balaban J connectivity index is 1.64. The highest BCUT2D eigenvalue weighted by molar-refractivity contribution is 5.93. The van der Waals surface area contributed by atoms with Crippen molar-refractivity contribution in [2.75, 3.05) is 18.4 Å². The van der Waals surface area contributed by atoms with Crippen LogP contribution in [0.3, 0.4) is 0 Å². The Morgan fingerprint density at radius 3 is 2.45 bits per heavy atom. The zero-order chi connectivity index (χ0) is 20.1. The number of amides is 1. The molecular formula is C24H26N4O. The lowest BCUT2D eigenvalue weighted by atomic mass is 10.1. The van der Waals surface area contributed by atoms with Gasteiger partial charge in [0, 0.05) is 31.3 Å². The lowest BCUT2D eigenvalue weighted by Crippen LogP contribution is -2.36. The van der Waals surface area contributed by atoms with E-state index in [2.05, 4.69) is 34.3 Å². The van der Waals surface area contributed by atoms with E-state index in [1.54, 1.807) is 6.07 Å². The molecule has 0 unspecified atom stereocenters. The van der Waals surface area contributed by atoms with Crippen LogP contribution in [-0.4, -0.2) is 33.9 Å². The van der Waals surface area contributed by atoms with Crippen molar-refractivity contribution in [2.24, 2.45) is 0 Å². The fraction of sp³-hybridized carbons (Fsp3) is 0.292. The van der Waals surface area contributed by atoms with E-state index in [1.807, 2.05) is 47.4 Å². The molecule has 5 heteroatoms. The monoisotopic (exact) mass is 386 g/mol. The van der Waals surface area contributed by atoms with E-state index in [1.165, 1.54) is 17.5 Å². The first-order chi connectivity index (χ1) is 14.2. The van der Waals surface area contributed by atoms with Crippen LogP contribution in [0, 0.1) is 6.92 Å². The number of nitrogens with zero attached hydrogens (tertiary/aromatic N) is 3. The largest absolute Gasteiger partial charge is 0.366 e. The minimum absolute atomic E-state index is 0.0109. The van der Waals surface area contributed by atoms with E-state index in [0.717, 1.165) is 31.5 Å². The number of hydrogen-bond acceptors (Lipinski definition) is 4. The number of aromatic nitrogens is 2. The third-order valence-corrected chi connectivity index (χ3v) is 5.34. The van der Waals surface area contributed by atoms with Gasteiger partial charge in [-0.3, -0.25) is 4.79 Å². The average molecular weight is 386 g/mol. The standard InChI is InChI=1S/C24H26N4O/c1-18-10-6-7-13-20(18)17-25-22-16-21(24(29)28-14-8-3-9-15-28)26-23(27-22)19-11-4-2-5-12-19/h2,4-7,10-13,16H,3,8-9,14-15,17H2,1H3,(H,25,26,27). The number of carbonyl (C=O) groups is 1. The second-order valence-corrected chi connectivity index (χ2v) is 7.46. The highest BCUT2D eigenvalue weighted by Gasteiger charge is 2.21. The van der Waals surface area contributed by atoms with Crippen molar-refractivity contribution in [1.29, 1.82) is 0 Å². The van der Waals surface area contributed by atoms with Gasteiger partial charge in [-0.1, -0.05) is 54.6 Å². The Kier molecular flexibility index (Phi) is 5.84. The number of nitrogens with one attached hydrogen (secondary N) is 1. The fourth-order valence-electron chi connectivity index (χ4n) is 3.62. The van der Waals surface area contributed by atoms with Crippen molar-refractivity contribution in [3.8, 4) is 11.4 Å². The molecule has 2 aromatic carbocycles. The molecule has 3 aromatic rings. The summed E-state index contributed by atoms with van der Waals surface area (Å²) in [4.78, 5) is 24.3. The quantitative estimate of drug-likeness (QED) is 0.691. The van der Waals surface area contributed by atoms with Gasteiger partial charge in [0.25, 0.3) is 5.91 Å². The molecule has 1 aliphatic heterocycles. The van der Waals surface area contributed by atoms with Crippen LogP contribution in [0.5, 0.6) is 0 Å². The van der Waals surface area contributed by atoms with Crippen LogP contribution in [0.1, 0.15) is 40.9 Å². The van der Waals surface area contributed by atoms with Gasteiger partial charge in [0.15, 0.2) is 5.82 Å². The zero-order valence-electron chi connectivity index (χ0n) is 16.8. The zero-order valence-corrected chi connectivity index (χ0v) is 16.8. The summed E-state index contributed by atoms with van der Waals surface area (Å²) in [6, 6.07) is 19.9. The second-order valence-electron chi connectivity index (χ2n) is 7.46. The maximum atomic E-state index is 13.1. The number of hydrogen-bond donors (Lipinski definition) is 1. The van der Waals surface area contributed by atoms with Gasteiger partial charge < -0.3 is 10.2 Å². The second kappa shape index (κ2) is 8.86. The molecule has 148 valence electrons. The highest BCUT2D eigenvalue weighted by atomic mass is 16.2. The van der Waals surface area contributed by atoms with Gasteiger partial charge in [-0.15, -0.1) is 0 Å². The third-order valence-electron chi connectivity index (χ3n) is 5.34. The minimum atomic E-state index is -0.0109. The van der Waals surface area contributed by atoms with Crippen molar-refractivity contribution < 1.29 is 4.79 Å². The Hall–Kier alpha value is -3.21. The van der Waals surface area contributed by atoms with E-state index >= 15 is 0 Å². The molecular weight excluding hydrogens is 360 g/mol. The molecule has 1 amide bonds. The first-order valence-corrected chi connectivity index (χ1v) is 10.2. The molecule has 0 bridgehead atoms. The average Bonchev–Trinajstić information content (AvgIpc) is 2.79. The summed E-state index contributed by atoms with van der Waals surface area (Å²) in [5.74, 6) is 1.23. The summed E-state index contributed by atoms with van der Waals surface area (Å²) in [5.41, 5.74) is 3.78. The summed E-state index contributed by atoms with van der Waals surface area (Å²) in [7, 11) is 0. The molecule has 5 nitrogen and oxygen atoms in total. The third kappa shape index (κ3) is 4.62. The summed E-state index contributed by atoms with van der Waals surface area (Å²) in [6.07, 6.45) is 3.30. The molecule has 1 saturated heterocycles. The van der Waals surface area contributed by atoms with Crippen LogP contribution in [0.4, 0.5) is 5.82 Å². The Labute approximate surface area is 171 Å². The topological polar surface area (TPSA) is 58.1 Å². The fourth-order valence-corrected chi connectivity index (χ4v) is 3.62. The normalized spacial score (nSPS) is 13.9. The molecule has 0 atom stereocenters. The van der Waals surface area contributed by atoms with Crippen molar-refractivity contribution >= 4 is 11.7 Å². The molecule has 1 aliphatic rings. The van der Waals surface area contributed by atoms with Crippen molar-refractivity contribution in [3.05, 3.63) is 77.5 Å². The Bertz CT molecular complexity index is 981. The van der Waals surface area contributed by atoms with Gasteiger partial charge >= 0.3 is 0 Å². The van der Waals surface area contributed by atoms with Crippen LogP contribution < -0.4 is 5.32 Å². The highest BCUT2D eigenvalue weighted by Crippen LogP contribution is 2.21. The summed E-state index contributed by atoms with van der Waals surface area (Å²) in [6.45, 7) is 4.35. The number of rotatable bonds is 5. The van der Waals surface area contributed by atoms with Gasteiger partial charge in [0.2, 0.25) is 0 Å². The number of piperidine rings is 1. The molecule has 29 heavy (non-hydrogen) atoms. The van der Waals surface area contributed by atoms with Gasteiger partial charge in [0.1, 0.15) is 11.5 Å². The van der Waals surface area contributed by atoms with Gasteiger partial charge in [-0.25, -0.2) is 9.97 Å². The molecule has 4 rings (SSSR count). The lowest BCUT2D eigenvalue weighted by molar-refractivity contribution is 0.0718. The Morgan fingerprint density at radius 1 is 0.966 bits per heavy atom. The van der Waals surface area contributed by atoms with Crippen LogP contribution in [0.2, 0.25) is 0 Å². The predicted octanol–water partition coefficient (Wildman–Crippen LogP) is 4.69.